The molecule has 0 heterocycles. The number of rotatable bonds is 6. The van der Waals surface area contributed by atoms with Crippen molar-refractivity contribution in [3.8, 4) is 0 Å². The molecule has 104 valence electrons. The maximum absolute atomic E-state index is 11.7. The van der Waals surface area contributed by atoms with Gasteiger partial charge >= 0.3 is 8.03 Å². The van der Waals surface area contributed by atoms with Crippen molar-refractivity contribution in [1.29, 1.82) is 0 Å². The van der Waals surface area contributed by atoms with Gasteiger partial charge in [-0.25, -0.2) is 0 Å². The molecule has 0 amide bonds. The Morgan fingerprint density at radius 3 is 2.72 bits per heavy atom. The number of hydrogen-bond donors (Lipinski definition) is 1. The third-order valence-corrected chi connectivity index (χ3v) is 3.71. The number of allylic oxidation sites excluding steroid dienone is 1. The Hall–Kier alpha value is -0.280. The van der Waals surface area contributed by atoms with Gasteiger partial charge < -0.3 is 0 Å². The molecule has 0 aliphatic heterocycles. The molecule has 0 spiro atoms. The SMILES string of the molecule is CC(C)O[P+](=O)CC1=CC(NOC(C)(C)C)CC1. The molecule has 4 nitrogen and oxygen atoms in total. The lowest BCUT2D eigenvalue weighted by Crippen LogP contribution is -2.34. The van der Waals surface area contributed by atoms with E-state index >= 15 is 0 Å². The lowest BCUT2D eigenvalue weighted by molar-refractivity contribution is -0.0819. The highest BCUT2D eigenvalue weighted by molar-refractivity contribution is 7.39. The monoisotopic (exact) mass is 274 g/mol. The summed E-state index contributed by atoms with van der Waals surface area (Å²) in [5.74, 6) is 0. The van der Waals surface area contributed by atoms with Gasteiger partial charge in [0.25, 0.3) is 0 Å². The zero-order valence-electron chi connectivity index (χ0n) is 12.0. The highest BCUT2D eigenvalue weighted by Crippen LogP contribution is 2.32. The van der Waals surface area contributed by atoms with Gasteiger partial charge in [0.15, 0.2) is 6.16 Å². The minimum absolute atomic E-state index is 0.0220. The van der Waals surface area contributed by atoms with Gasteiger partial charge in [-0.15, -0.1) is 4.52 Å². The summed E-state index contributed by atoms with van der Waals surface area (Å²) < 4.78 is 16.9. The molecule has 1 aliphatic carbocycles. The van der Waals surface area contributed by atoms with Gasteiger partial charge in [-0.1, -0.05) is 6.08 Å². The Labute approximate surface area is 111 Å². The molecule has 0 aromatic heterocycles. The molecule has 0 aromatic rings. The predicted octanol–water partition coefficient (Wildman–Crippen LogP) is 3.56. The second-order valence-electron chi connectivity index (χ2n) is 5.95. The first-order valence-electron chi connectivity index (χ1n) is 6.51. The van der Waals surface area contributed by atoms with Crippen molar-refractivity contribution in [2.45, 2.75) is 65.2 Å². The van der Waals surface area contributed by atoms with Crippen LogP contribution in [0.15, 0.2) is 11.6 Å². The van der Waals surface area contributed by atoms with Gasteiger partial charge in [0, 0.05) is 0 Å². The van der Waals surface area contributed by atoms with Crippen LogP contribution >= 0.6 is 8.03 Å². The van der Waals surface area contributed by atoms with E-state index < -0.39 is 8.03 Å². The Morgan fingerprint density at radius 1 is 1.50 bits per heavy atom. The van der Waals surface area contributed by atoms with Gasteiger partial charge in [-0.05, 0) is 57.6 Å². The summed E-state index contributed by atoms with van der Waals surface area (Å²) in [6.07, 6.45) is 4.64. The van der Waals surface area contributed by atoms with Crippen molar-refractivity contribution in [2.75, 3.05) is 6.16 Å². The Balaban J connectivity index is 2.34. The van der Waals surface area contributed by atoms with E-state index in [9.17, 15) is 4.57 Å². The number of hydroxylamine groups is 1. The fourth-order valence-corrected chi connectivity index (χ4v) is 2.85. The standard InChI is InChI=1S/C13H25NO3P/c1-10(2)16-18(15)9-11-6-7-12(8-11)14-17-13(3,4)5/h8,10,12,14H,6-7,9H2,1-5H3/q+1. The zero-order valence-corrected chi connectivity index (χ0v) is 12.9. The first-order chi connectivity index (χ1) is 8.26. The van der Waals surface area contributed by atoms with Crippen molar-refractivity contribution in [1.82, 2.24) is 5.48 Å². The lowest BCUT2D eigenvalue weighted by Gasteiger charge is -2.21. The molecule has 0 saturated carbocycles. The van der Waals surface area contributed by atoms with Crippen molar-refractivity contribution in [3.05, 3.63) is 11.6 Å². The first-order valence-corrected chi connectivity index (χ1v) is 7.87. The van der Waals surface area contributed by atoms with Gasteiger partial charge in [0.1, 0.15) is 6.10 Å². The highest BCUT2D eigenvalue weighted by Gasteiger charge is 2.26. The van der Waals surface area contributed by atoms with E-state index in [0.29, 0.717) is 6.16 Å². The molecule has 0 fully saturated rings. The minimum atomic E-state index is -1.57. The number of nitrogens with one attached hydrogen (secondary N) is 1. The molecule has 5 heteroatoms. The van der Waals surface area contributed by atoms with Crippen LogP contribution in [0, 0.1) is 0 Å². The Bertz CT molecular complexity index is 321. The largest absolute Gasteiger partial charge is 0.512 e. The molecule has 0 saturated heterocycles. The van der Waals surface area contributed by atoms with Crippen LogP contribution in [0.4, 0.5) is 0 Å². The summed E-state index contributed by atoms with van der Waals surface area (Å²) in [6.45, 7) is 9.82. The molecule has 0 radical (unpaired) electrons. The average molecular weight is 274 g/mol. The maximum Gasteiger partial charge on any atom is 0.512 e. The van der Waals surface area contributed by atoms with Crippen molar-refractivity contribution in [3.63, 3.8) is 0 Å². The summed E-state index contributed by atoms with van der Waals surface area (Å²) in [5, 5.41) is 0. The van der Waals surface area contributed by atoms with Crippen LogP contribution in [0.1, 0.15) is 47.5 Å². The topological polar surface area (TPSA) is 47.6 Å². The summed E-state index contributed by atoms with van der Waals surface area (Å²) in [4.78, 5) is 5.53. The van der Waals surface area contributed by atoms with Crippen LogP contribution in [-0.4, -0.2) is 23.9 Å². The van der Waals surface area contributed by atoms with Crippen LogP contribution in [-0.2, 0) is 13.9 Å². The zero-order chi connectivity index (χ0) is 13.8. The molecule has 18 heavy (non-hydrogen) atoms. The number of hydrogen-bond acceptors (Lipinski definition) is 4. The fourth-order valence-electron chi connectivity index (χ4n) is 1.71. The lowest BCUT2D eigenvalue weighted by atomic mass is 10.2. The van der Waals surface area contributed by atoms with E-state index in [2.05, 4.69) is 11.6 Å². The van der Waals surface area contributed by atoms with Crippen LogP contribution in [0.2, 0.25) is 0 Å². The first kappa shape index (κ1) is 15.8. The van der Waals surface area contributed by atoms with Crippen LogP contribution in [0.3, 0.4) is 0 Å². The second-order valence-corrected chi connectivity index (χ2v) is 7.14. The quantitative estimate of drug-likeness (QED) is 0.457. The fraction of sp³-hybridized carbons (Fsp3) is 0.846. The molecular formula is C13H25NO3P+. The van der Waals surface area contributed by atoms with Gasteiger partial charge in [-0.3, -0.25) is 4.84 Å². The Morgan fingerprint density at radius 2 is 2.17 bits per heavy atom. The van der Waals surface area contributed by atoms with Gasteiger partial charge in [-0.2, -0.15) is 5.48 Å². The second kappa shape index (κ2) is 6.76. The van der Waals surface area contributed by atoms with E-state index in [1.807, 2.05) is 34.6 Å². The third-order valence-electron chi connectivity index (χ3n) is 2.39. The van der Waals surface area contributed by atoms with Crippen LogP contribution < -0.4 is 5.48 Å². The molecule has 2 unspecified atom stereocenters. The molecule has 0 bridgehead atoms. The van der Waals surface area contributed by atoms with Crippen molar-refractivity contribution < 1.29 is 13.9 Å². The van der Waals surface area contributed by atoms with E-state index in [-0.39, 0.29) is 17.7 Å². The Kier molecular flexibility index (Phi) is 5.93. The third kappa shape index (κ3) is 6.60. The molecule has 0 aromatic carbocycles. The van der Waals surface area contributed by atoms with E-state index in [4.69, 9.17) is 9.36 Å². The van der Waals surface area contributed by atoms with Crippen molar-refractivity contribution in [2.24, 2.45) is 0 Å². The van der Waals surface area contributed by atoms with E-state index in [0.717, 1.165) is 12.8 Å². The molecular weight excluding hydrogens is 249 g/mol. The molecule has 2 atom stereocenters. The van der Waals surface area contributed by atoms with Gasteiger partial charge in [0.05, 0.1) is 11.6 Å². The van der Waals surface area contributed by atoms with E-state index in [1.54, 1.807) is 0 Å². The van der Waals surface area contributed by atoms with Crippen LogP contribution in [0.5, 0.6) is 0 Å². The normalized spacial score (nSPS) is 21.3. The van der Waals surface area contributed by atoms with Crippen molar-refractivity contribution >= 4 is 8.03 Å². The van der Waals surface area contributed by atoms with E-state index in [1.165, 1.54) is 5.57 Å². The summed E-state index contributed by atoms with van der Waals surface area (Å²) in [7, 11) is -1.57. The summed E-state index contributed by atoms with van der Waals surface area (Å²) in [6, 6.07) is 0.224. The van der Waals surface area contributed by atoms with Crippen LogP contribution in [0.25, 0.3) is 0 Å². The predicted molar refractivity (Wildman–Crippen MR) is 73.8 cm³/mol. The average Bonchev–Trinajstić information content (AvgIpc) is 2.60. The molecule has 1 aliphatic rings. The summed E-state index contributed by atoms with van der Waals surface area (Å²) >= 11 is 0. The highest BCUT2D eigenvalue weighted by atomic mass is 31.1. The summed E-state index contributed by atoms with van der Waals surface area (Å²) in [5.41, 5.74) is 4.06. The molecule has 1 rings (SSSR count). The maximum atomic E-state index is 11.7. The van der Waals surface area contributed by atoms with Gasteiger partial charge in [0.2, 0.25) is 0 Å². The molecule has 1 N–H and O–H groups in total. The minimum Gasteiger partial charge on any atom is -0.296 e. The smallest absolute Gasteiger partial charge is 0.296 e.